The molecule has 0 saturated carbocycles. The lowest BCUT2D eigenvalue weighted by Gasteiger charge is -2.16. The van der Waals surface area contributed by atoms with E-state index in [2.05, 4.69) is 25.8 Å². The fourth-order valence-electron chi connectivity index (χ4n) is 1.59. The molecule has 0 fully saturated rings. The van der Waals surface area contributed by atoms with Gasteiger partial charge in [0.1, 0.15) is 0 Å². The van der Waals surface area contributed by atoms with Crippen molar-refractivity contribution in [1.29, 1.82) is 0 Å². The van der Waals surface area contributed by atoms with Crippen molar-refractivity contribution in [3.63, 3.8) is 0 Å². The second-order valence-corrected chi connectivity index (χ2v) is 7.04. The first-order valence-corrected chi connectivity index (χ1v) is 6.96. The van der Waals surface area contributed by atoms with E-state index in [1.54, 1.807) is 18.0 Å². The summed E-state index contributed by atoms with van der Waals surface area (Å²) in [6, 6.07) is 9.77. The van der Waals surface area contributed by atoms with Crippen molar-refractivity contribution in [3.05, 3.63) is 42.1 Å². The average molecular weight is 259 g/mol. The van der Waals surface area contributed by atoms with Crippen LogP contribution >= 0.6 is 11.8 Å². The number of benzene rings is 1. The molecule has 1 aromatic heterocycles. The fourth-order valence-corrected chi connectivity index (χ4v) is 2.32. The van der Waals surface area contributed by atoms with Gasteiger partial charge in [-0.05, 0) is 12.1 Å². The highest BCUT2D eigenvalue weighted by Gasteiger charge is 2.15. The topological polar surface area (TPSA) is 30.0 Å². The van der Waals surface area contributed by atoms with Gasteiger partial charge in [0.2, 0.25) is 0 Å². The number of nitrogens with zero attached hydrogens (tertiary/aromatic N) is 1. The monoisotopic (exact) mass is 259 g/mol. The Labute approximate surface area is 112 Å². The first-order chi connectivity index (χ1) is 8.46. The predicted molar refractivity (Wildman–Crippen MR) is 78.3 cm³/mol. The summed E-state index contributed by atoms with van der Waals surface area (Å²) in [5, 5.41) is 1.02. The molecule has 0 bridgehead atoms. The highest BCUT2D eigenvalue weighted by atomic mass is 32.2. The highest BCUT2D eigenvalue weighted by molar-refractivity contribution is 8.01. The fraction of sp³-hybridized carbons (Fsp3) is 0.333. The molecular weight excluding hydrogens is 242 g/mol. The first kappa shape index (κ1) is 13.1. The van der Waals surface area contributed by atoms with Gasteiger partial charge in [-0.2, -0.15) is 0 Å². The minimum atomic E-state index is 0.111. The summed E-state index contributed by atoms with van der Waals surface area (Å²) in [6.07, 6.45) is 1.67. The molecule has 0 unspecified atom stereocenters. The second kappa shape index (κ2) is 5.11. The third kappa shape index (κ3) is 3.33. The van der Waals surface area contributed by atoms with Gasteiger partial charge in [-0.15, -0.1) is 11.8 Å². The molecule has 0 aliphatic heterocycles. The quantitative estimate of drug-likeness (QED) is 0.782. The summed E-state index contributed by atoms with van der Waals surface area (Å²) < 4.78 is 0.111. The Hall–Kier alpha value is -1.35. The largest absolute Gasteiger partial charge is 0.293 e. The number of Topliss-reactive ketones (excluding diaryl/α,β-unsaturated/α-hetero) is 1. The van der Waals surface area contributed by atoms with E-state index in [1.165, 1.54) is 0 Å². The van der Waals surface area contributed by atoms with Gasteiger partial charge in [0, 0.05) is 21.9 Å². The van der Waals surface area contributed by atoms with E-state index in [1.807, 2.05) is 30.3 Å². The third-order valence-corrected chi connectivity index (χ3v) is 3.82. The van der Waals surface area contributed by atoms with Crippen LogP contribution in [-0.2, 0) is 0 Å². The Balaban J connectivity index is 2.18. The smallest absolute Gasteiger partial charge is 0.174 e. The summed E-state index contributed by atoms with van der Waals surface area (Å²) in [5.41, 5.74) is 1.63. The average Bonchev–Trinajstić information content (AvgIpc) is 2.34. The number of carbonyl (C=O) groups excluding carboxylic acids is 1. The van der Waals surface area contributed by atoms with E-state index < -0.39 is 0 Å². The lowest BCUT2D eigenvalue weighted by atomic mass is 10.1. The zero-order chi connectivity index (χ0) is 13.2. The molecule has 18 heavy (non-hydrogen) atoms. The molecule has 2 aromatic rings. The van der Waals surface area contributed by atoms with Crippen molar-refractivity contribution in [3.8, 4) is 0 Å². The van der Waals surface area contributed by atoms with Crippen LogP contribution in [-0.4, -0.2) is 21.3 Å². The zero-order valence-corrected chi connectivity index (χ0v) is 11.8. The Kier molecular flexibility index (Phi) is 3.71. The minimum absolute atomic E-state index is 0.111. The van der Waals surface area contributed by atoms with Crippen molar-refractivity contribution < 1.29 is 4.79 Å². The number of pyridine rings is 1. The SMILES string of the molecule is CC(C)(C)SCC(=O)c1cnc2ccccc2c1. The van der Waals surface area contributed by atoms with Gasteiger partial charge >= 0.3 is 0 Å². The Bertz CT molecular complexity index is 572. The van der Waals surface area contributed by atoms with Crippen LogP contribution in [0.3, 0.4) is 0 Å². The van der Waals surface area contributed by atoms with E-state index in [-0.39, 0.29) is 10.5 Å². The summed E-state index contributed by atoms with van der Waals surface area (Å²) >= 11 is 1.66. The van der Waals surface area contributed by atoms with Crippen LogP contribution in [0.2, 0.25) is 0 Å². The summed E-state index contributed by atoms with van der Waals surface area (Å²) in [5.74, 6) is 0.650. The molecule has 0 saturated heterocycles. The molecule has 2 rings (SSSR count). The molecule has 0 aliphatic carbocycles. The van der Waals surface area contributed by atoms with Crippen LogP contribution in [0.15, 0.2) is 36.5 Å². The number of ketones is 1. The highest BCUT2D eigenvalue weighted by Crippen LogP contribution is 2.24. The molecule has 0 amide bonds. The molecule has 1 heterocycles. The molecule has 94 valence electrons. The molecular formula is C15H17NOS. The van der Waals surface area contributed by atoms with Crippen LogP contribution in [0.25, 0.3) is 10.9 Å². The van der Waals surface area contributed by atoms with Crippen molar-refractivity contribution in [1.82, 2.24) is 4.98 Å². The maximum absolute atomic E-state index is 12.1. The number of rotatable bonds is 3. The predicted octanol–water partition coefficient (Wildman–Crippen LogP) is 3.95. The van der Waals surface area contributed by atoms with Gasteiger partial charge in [0.15, 0.2) is 5.78 Å². The number of fused-ring (bicyclic) bond motifs is 1. The van der Waals surface area contributed by atoms with E-state index in [9.17, 15) is 4.79 Å². The van der Waals surface area contributed by atoms with Crippen molar-refractivity contribution >= 4 is 28.4 Å². The van der Waals surface area contributed by atoms with Gasteiger partial charge in [0.25, 0.3) is 0 Å². The molecule has 1 aromatic carbocycles. The maximum Gasteiger partial charge on any atom is 0.174 e. The number of carbonyl (C=O) groups is 1. The van der Waals surface area contributed by atoms with E-state index in [0.717, 1.165) is 10.9 Å². The molecule has 2 nitrogen and oxygen atoms in total. The van der Waals surface area contributed by atoms with Crippen LogP contribution in [0, 0.1) is 0 Å². The lowest BCUT2D eigenvalue weighted by molar-refractivity contribution is 0.102. The Morgan fingerprint density at radius 3 is 2.72 bits per heavy atom. The number of thioether (sulfide) groups is 1. The van der Waals surface area contributed by atoms with Crippen LogP contribution in [0.1, 0.15) is 31.1 Å². The standard InChI is InChI=1S/C15H17NOS/c1-15(2,3)18-10-14(17)12-8-11-6-4-5-7-13(11)16-9-12/h4-9H,10H2,1-3H3. The van der Waals surface area contributed by atoms with E-state index in [0.29, 0.717) is 11.3 Å². The van der Waals surface area contributed by atoms with Crippen molar-refractivity contribution in [2.75, 3.05) is 5.75 Å². The second-order valence-electron chi connectivity index (χ2n) is 5.24. The van der Waals surface area contributed by atoms with Gasteiger partial charge in [-0.25, -0.2) is 0 Å². The Morgan fingerprint density at radius 2 is 2.00 bits per heavy atom. The molecule has 0 atom stereocenters. The zero-order valence-electron chi connectivity index (χ0n) is 10.9. The Morgan fingerprint density at radius 1 is 1.28 bits per heavy atom. The maximum atomic E-state index is 12.1. The van der Waals surface area contributed by atoms with Gasteiger partial charge in [-0.3, -0.25) is 9.78 Å². The van der Waals surface area contributed by atoms with Crippen molar-refractivity contribution in [2.45, 2.75) is 25.5 Å². The summed E-state index contributed by atoms with van der Waals surface area (Å²) in [6.45, 7) is 6.34. The number of hydrogen-bond acceptors (Lipinski definition) is 3. The summed E-state index contributed by atoms with van der Waals surface area (Å²) in [4.78, 5) is 16.4. The van der Waals surface area contributed by atoms with Crippen LogP contribution in [0.5, 0.6) is 0 Å². The number of aromatic nitrogens is 1. The first-order valence-electron chi connectivity index (χ1n) is 5.98. The minimum Gasteiger partial charge on any atom is -0.293 e. The lowest BCUT2D eigenvalue weighted by Crippen LogP contribution is -2.13. The number of hydrogen-bond donors (Lipinski definition) is 0. The van der Waals surface area contributed by atoms with E-state index >= 15 is 0 Å². The molecule has 3 heteroatoms. The van der Waals surface area contributed by atoms with Crippen molar-refractivity contribution in [2.24, 2.45) is 0 Å². The third-order valence-electron chi connectivity index (χ3n) is 2.55. The van der Waals surface area contributed by atoms with Crippen LogP contribution in [0.4, 0.5) is 0 Å². The molecule has 0 radical (unpaired) electrons. The summed E-state index contributed by atoms with van der Waals surface area (Å²) in [7, 11) is 0. The van der Waals surface area contributed by atoms with Gasteiger partial charge < -0.3 is 0 Å². The molecule has 0 N–H and O–H groups in total. The number of para-hydroxylation sites is 1. The van der Waals surface area contributed by atoms with Gasteiger partial charge in [-0.1, -0.05) is 39.0 Å². The van der Waals surface area contributed by atoms with E-state index in [4.69, 9.17) is 0 Å². The van der Waals surface area contributed by atoms with Gasteiger partial charge in [0.05, 0.1) is 11.3 Å². The molecule has 0 spiro atoms. The van der Waals surface area contributed by atoms with Crippen LogP contribution < -0.4 is 0 Å². The molecule has 0 aliphatic rings. The normalized spacial score (nSPS) is 11.7.